The van der Waals surface area contributed by atoms with Gasteiger partial charge in [0.2, 0.25) is 0 Å². The first kappa shape index (κ1) is 18.7. The van der Waals surface area contributed by atoms with Gasteiger partial charge in [-0.2, -0.15) is 0 Å². The number of methoxy groups -OCH3 is 1. The average Bonchev–Trinajstić information content (AvgIpc) is 3.22. The Bertz CT molecular complexity index is 829. The number of likely N-dealkylation sites (tertiary alicyclic amines) is 1. The van der Waals surface area contributed by atoms with Gasteiger partial charge in [-0.3, -0.25) is 14.9 Å². The molecular formula is C20H22N2O5. The van der Waals surface area contributed by atoms with Crippen molar-refractivity contribution in [1.82, 2.24) is 4.90 Å². The minimum atomic E-state index is -0.665. The van der Waals surface area contributed by atoms with Crippen molar-refractivity contribution >= 4 is 11.6 Å². The molecule has 0 aliphatic carbocycles. The van der Waals surface area contributed by atoms with Gasteiger partial charge in [0, 0.05) is 30.8 Å². The Morgan fingerprint density at radius 3 is 2.41 bits per heavy atom. The molecule has 27 heavy (non-hydrogen) atoms. The molecule has 1 amide bonds. The monoisotopic (exact) mass is 370 g/mol. The summed E-state index contributed by atoms with van der Waals surface area (Å²) in [7, 11) is 1.57. The van der Waals surface area contributed by atoms with Crippen LogP contribution in [0.3, 0.4) is 0 Å². The van der Waals surface area contributed by atoms with Crippen LogP contribution in [-0.2, 0) is 4.79 Å². The Kier molecular flexibility index (Phi) is 5.59. The molecule has 0 spiro atoms. The molecule has 0 unspecified atom stereocenters. The Balaban J connectivity index is 1.91. The first-order valence-corrected chi connectivity index (χ1v) is 8.88. The molecule has 0 radical (unpaired) electrons. The van der Waals surface area contributed by atoms with Crippen LogP contribution in [0.25, 0.3) is 11.1 Å². The van der Waals surface area contributed by atoms with E-state index in [-0.39, 0.29) is 11.6 Å². The lowest BCUT2D eigenvalue weighted by atomic mass is 10.0. The van der Waals surface area contributed by atoms with E-state index in [4.69, 9.17) is 9.47 Å². The van der Waals surface area contributed by atoms with E-state index in [1.54, 1.807) is 49.3 Å². The fraction of sp³-hybridized carbons (Fsp3) is 0.350. The van der Waals surface area contributed by atoms with Crippen molar-refractivity contribution in [3.63, 3.8) is 0 Å². The molecule has 2 aromatic rings. The lowest BCUT2D eigenvalue weighted by Crippen LogP contribution is -2.38. The largest absolute Gasteiger partial charge is 0.497 e. The smallest absolute Gasteiger partial charge is 0.270 e. The fourth-order valence-corrected chi connectivity index (χ4v) is 3.17. The number of nitrogens with zero attached hydrogens (tertiary/aromatic N) is 2. The van der Waals surface area contributed by atoms with Crippen LogP contribution in [0.1, 0.15) is 19.8 Å². The summed E-state index contributed by atoms with van der Waals surface area (Å²) in [5.74, 6) is 1.06. The Morgan fingerprint density at radius 2 is 1.81 bits per heavy atom. The van der Waals surface area contributed by atoms with Gasteiger partial charge in [-0.25, -0.2) is 0 Å². The molecule has 1 heterocycles. The van der Waals surface area contributed by atoms with Crippen LogP contribution in [0.5, 0.6) is 11.5 Å². The zero-order chi connectivity index (χ0) is 19.4. The second kappa shape index (κ2) is 8.07. The SMILES string of the molecule is COc1ccc(-c2cc([N+](=O)[O-])ccc2O[C@H](C)C(=O)N2CCCC2)cc1. The van der Waals surface area contributed by atoms with E-state index in [1.165, 1.54) is 12.1 Å². The second-order valence-corrected chi connectivity index (χ2v) is 6.46. The van der Waals surface area contributed by atoms with Gasteiger partial charge in [0.1, 0.15) is 11.5 Å². The molecule has 0 saturated carbocycles. The van der Waals surface area contributed by atoms with Gasteiger partial charge >= 0.3 is 0 Å². The summed E-state index contributed by atoms with van der Waals surface area (Å²) in [5.41, 5.74) is 1.27. The molecule has 1 saturated heterocycles. The fourth-order valence-electron chi connectivity index (χ4n) is 3.17. The number of rotatable bonds is 6. The number of hydrogen-bond acceptors (Lipinski definition) is 5. The molecule has 7 nitrogen and oxygen atoms in total. The quantitative estimate of drug-likeness (QED) is 0.572. The standard InChI is InChI=1S/C20H22N2O5/c1-14(20(23)21-11-3-4-12-21)27-19-10-7-16(22(24)25)13-18(19)15-5-8-17(26-2)9-6-15/h5-10,13-14H,3-4,11-12H2,1-2H3/t14-/m1/s1. The molecule has 1 aliphatic rings. The third-order valence-corrected chi connectivity index (χ3v) is 4.64. The maximum atomic E-state index is 12.5. The van der Waals surface area contributed by atoms with E-state index in [0.29, 0.717) is 17.1 Å². The van der Waals surface area contributed by atoms with Crippen molar-refractivity contribution in [2.45, 2.75) is 25.9 Å². The van der Waals surface area contributed by atoms with E-state index in [1.807, 2.05) is 0 Å². The number of carbonyl (C=O) groups excluding carboxylic acids is 1. The van der Waals surface area contributed by atoms with Gasteiger partial charge in [-0.1, -0.05) is 12.1 Å². The molecule has 2 aromatic carbocycles. The average molecular weight is 370 g/mol. The van der Waals surface area contributed by atoms with E-state index in [9.17, 15) is 14.9 Å². The van der Waals surface area contributed by atoms with Gasteiger partial charge in [-0.15, -0.1) is 0 Å². The molecule has 1 atom stereocenters. The van der Waals surface area contributed by atoms with Crippen molar-refractivity contribution in [1.29, 1.82) is 0 Å². The summed E-state index contributed by atoms with van der Waals surface area (Å²) in [5, 5.41) is 11.2. The molecule has 3 rings (SSSR count). The van der Waals surface area contributed by atoms with Crippen molar-refractivity contribution in [3.8, 4) is 22.6 Å². The van der Waals surface area contributed by atoms with Gasteiger partial charge in [-0.05, 0) is 43.5 Å². The van der Waals surface area contributed by atoms with Crippen LogP contribution >= 0.6 is 0 Å². The van der Waals surface area contributed by atoms with Gasteiger partial charge in [0.25, 0.3) is 11.6 Å². The predicted octanol–water partition coefficient (Wildman–Crippen LogP) is 3.66. The highest BCUT2D eigenvalue weighted by atomic mass is 16.6. The molecule has 0 N–H and O–H groups in total. The molecule has 0 bridgehead atoms. The molecule has 7 heteroatoms. The Morgan fingerprint density at radius 1 is 1.15 bits per heavy atom. The number of nitro benzene ring substituents is 1. The number of carbonyl (C=O) groups is 1. The number of non-ortho nitro benzene ring substituents is 1. The highest BCUT2D eigenvalue weighted by Gasteiger charge is 2.25. The highest BCUT2D eigenvalue weighted by molar-refractivity contribution is 5.82. The predicted molar refractivity (Wildman–Crippen MR) is 101 cm³/mol. The van der Waals surface area contributed by atoms with E-state index in [2.05, 4.69) is 0 Å². The lowest BCUT2D eigenvalue weighted by Gasteiger charge is -2.22. The van der Waals surface area contributed by atoms with Gasteiger partial charge in [0.05, 0.1) is 12.0 Å². The molecule has 1 aliphatic heterocycles. The van der Waals surface area contributed by atoms with E-state index < -0.39 is 11.0 Å². The zero-order valence-electron chi connectivity index (χ0n) is 15.4. The molecule has 0 aromatic heterocycles. The lowest BCUT2D eigenvalue weighted by molar-refractivity contribution is -0.384. The number of nitro groups is 1. The van der Waals surface area contributed by atoms with Crippen LogP contribution < -0.4 is 9.47 Å². The van der Waals surface area contributed by atoms with Crippen LogP contribution in [0.4, 0.5) is 5.69 Å². The summed E-state index contributed by atoms with van der Waals surface area (Å²) >= 11 is 0. The van der Waals surface area contributed by atoms with Crippen LogP contribution in [0.15, 0.2) is 42.5 Å². The van der Waals surface area contributed by atoms with Gasteiger partial charge < -0.3 is 14.4 Å². The summed E-state index contributed by atoms with van der Waals surface area (Å²) in [6, 6.07) is 11.5. The normalized spacial score (nSPS) is 14.7. The highest BCUT2D eigenvalue weighted by Crippen LogP contribution is 2.35. The zero-order valence-corrected chi connectivity index (χ0v) is 15.4. The number of hydrogen-bond donors (Lipinski definition) is 0. The molecular weight excluding hydrogens is 348 g/mol. The van der Waals surface area contributed by atoms with Gasteiger partial charge in [0.15, 0.2) is 6.10 Å². The summed E-state index contributed by atoms with van der Waals surface area (Å²) in [6.45, 7) is 3.20. The number of benzene rings is 2. The van der Waals surface area contributed by atoms with Crippen molar-refractivity contribution in [3.05, 3.63) is 52.6 Å². The van der Waals surface area contributed by atoms with Crippen LogP contribution in [-0.4, -0.2) is 42.0 Å². The Labute approximate surface area is 157 Å². The van der Waals surface area contributed by atoms with E-state index in [0.717, 1.165) is 31.5 Å². The Hall–Kier alpha value is -3.09. The first-order valence-electron chi connectivity index (χ1n) is 8.88. The maximum absolute atomic E-state index is 12.5. The molecule has 1 fully saturated rings. The first-order chi connectivity index (χ1) is 13.0. The number of amides is 1. The maximum Gasteiger partial charge on any atom is 0.270 e. The topological polar surface area (TPSA) is 81.9 Å². The summed E-state index contributed by atoms with van der Waals surface area (Å²) in [4.78, 5) is 25.1. The second-order valence-electron chi connectivity index (χ2n) is 6.46. The minimum Gasteiger partial charge on any atom is -0.497 e. The summed E-state index contributed by atoms with van der Waals surface area (Å²) in [6.07, 6.45) is 1.35. The third kappa shape index (κ3) is 4.19. The van der Waals surface area contributed by atoms with Crippen LogP contribution in [0.2, 0.25) is 0 Å². The van der Waals surface area contributed by atoms with E-state index >= 15 is 0 Å². The van der Waals surface area contributed by atoms with Crippen LogP contribution in [0, 0.1) is 10.1 Å². The van der Waals surface area contributed by atoms with Crippen molar-refractivity contribution in [2.24, 2.45) is 0 Å². The third-order valence-electron chi connectivity index (χ3n) is 4.64. The van der Waals surface area contributed by atoms with Crippen molar-refractivity contribution < 1.29 is 19.2 Å². The van der Waals surface area contributed by atoms with Crippen molar-refractivity contribution in [2.75, 3.05) is 20.2 Å². The molecule has 142 valence electrons. The number of ether oxygens (including phenoxy) is 2. The summed E-state index contributed by atoms with van der Waals surface area (Å²) < 4.78 is 11.1. The minimum absolute atomic E-state index is 0.0355.